The maximum Gasteiger partial charge on any atom is 0.134 e. The van der Waals surface area contributed by atoms with Gasteiger partial charge in [-0.25, -0.2) is 0 Å². The van der Waals surface area contributed by atoms with Gasteiger partial charge in [0.2, 0.25) is 0 Å². The molecule has 0 bridgehead atoms. The molecule has 0 spiro atoms. The standard InChI is InChI=1S/C10H10Cl3NO/c11-4-7-5-14-10(15-7)6-1-2-8(12)9(13)3-6/h1-3,7,10,14H,4-5H2/t7-,10+/m0/s1. The SMILES string of the molecule is ClC[C@H]1CN[C@@H](c2ccc(Cl)c(Cl)c2)O1. The Hall–Kier alpha value is 0.01000. The smallest absolute Gasteiger partial charge is 0.134 e. The third-order valence-electron chi connectivity index (χ3n) is 2.28. The number of halogens is 3. The molecule has 15 heavy (non-hydrogen) atoms. The number of nitrogens with one attached hydrogen (secondary N) is 1. The van der Waals surface area contributed by atoms with E-state index in [4.69, 9.17) is 39.5 Å². The number of benzene rings is 1. The van der Waals surface area contributed by atoms with Gasteiger partial charge in [-0.3, -0.25) is 5.32 Å². The summed E-state index contributed by atoms with van der Waals surface area (Å²) >= 11 is 17.5. The van der Waals surface area contributed by atoms with E-state index in [1.54, 1.807) is 12.1 Å². The van der Waals surface area contributed by atoms with Crippen LogP contribution in [0, 0.1) is 0 Å². The fraction of sp³-hybridized carbons (Fsp3) is 0.400. The first-order chi connectivity index (χ1) is 7.20. The lowest BCUT2D eigenvalue weighted by Crippen LogP contribution is -2.15. The zero-order valence-corrected chi connectivity index (χ0v) is 10.1. The molecule has 0 aromatic heterocycles. The van der Waals surface area contributed by atoms with Gasteiger partial charge in [0.1, 0.15) is 6.23 Å². The Morgan fingerprint density at radius 1 is 1.33 bits per heavy atom. The molecule has 2 atom stereocenters. The fourth-order valence-electron chi connectivity index (χ4n) is 1.49. The van der Waals surface area contributed by atoms with E-state index < -0.39 is 0 Å². The predicted molar refractivity (Wildman–Crippen MR) is 62.8 cm³/mol. The predicted octanol–water partition coefficient (Wildman–Crippen LogP) is 3.22. The van der Waals surface area contributed by atoms with Gasteiger partial charge in [-0.2, -0.15) is 0 Å². The molecule has 2 nitrogen and oxygen atoms in total. The Bertz CT molecular complexity index is 359. The highest BCUT2D eigenvalue weighted by molar-refractivity contribution is 6.42. The second kappa shape index (κ2) is 4.89. The summed E-state index contributed by atoms with van der Waals surface area (Å²) in [5.41, 5.74) is 0.969. The van der Waals surface area contributed by atoms with E-state index in [-0.39, 0.29) is 12.3 Å². The van der Waals surface area contributed by atoms with Crippen LogP contribution < -0.4 is 5.32 Å². The van der Waals surface area contributed by atoms with Gasteiger partial charge in [-0.15, -0.1) is 11.6 Å². The molecule has 1 aromatic carbocycles. The van der Waals surface area contributed by atoms with Crippen molar-refractivity contribution in [2.24, 2.45) is 0 Å². The topological polar surface area (TPSA) is 21.3 Å². The van der Waals surface area contributed by atoms with Crippen LogP contribution in [0.3, 0.4) is 0 Å². The molecular weight excluding hydrogens is 256 g/mol. The van der Waals surface area contributed by atoms with E-state index in [9.17, 15) is 0 Å². The Labute approximate surface area is 103 Å². The van der Waals surface area contributed by atoms with E-state index in [1.807, 2.05) is 6.07 Å². The van der Waals surface area contributed by atoms with Crippen molar-refractivity contribution in [2.45, 2.75) is 12.3 Å². The first kappa shape index (κ1) is 11.5. The lowest BCUT2D eigenvalue weighted by atomic mass is 10.2. The third-order valence-corrected chi connectivity index (χ3v) is 3.36. The summed E-state index contributed by atoms with van der Waals surface area (Å²) in [6, 6.07) is 5.46. The number of rotatable bonds is 2. The number of alkyl halides is 1. The molecule has 5 heteroatoms. The van der Waals surface area contributed by atoms with E-state index in [2.05, 4.69) is 5.32 Å². The average Bonchev–Trinajstić information content (AvgIpc) is 2.70. The Kier molecular flexibility index (Phi) is 3.75. The second-order valence-corrected chi connectivity index (χ2v) is 4.50. The van der Waals surface area contributed by atoms with Crippen molar-refractivity contribution in [1.82, 2.24) is 5.32 Å². The zero-order valence-electron chi connectivity index (χ0n) is 7.84. The van der Waals surface area contributed by atoms with Gasteiger partial charge in [0.25, 0.3) is 0 Å². The minimum atomic E-state index is -0.136. The highest BCUT2D eigenvalue weighted by Crippen LogP contribution is 2.28. The highest BCUT2D eigenvalue weighted by Gasteiger charge is 2.25. The van der Waals surface area contributed by atoms with E-state index in [0.29, 0.717) is 15.9 Å². The fourth-order valence-corrected chi connectivity index (χ4v) is 1.98. The van der Waals surface area contributed by atoms with Crippen LogP contribution in [-0.4, -0.2) is 18.5 Å². The first-order valence-electron chi connectivity index (χ1n) is 4.60. The summed E-state index contributed by atoms with van der Waals surface area (Å²) < 4.78 is 5.65. The molecular formula is C10H10Cl3NO. The van der Waals surface area contributed by atoms with Crippen LogP contribution in [-0.2, 0) is 4.74 Å². The Morgan fingerprint density at radius 2 is 2.13 bits per heavy atom. The number of ether oxygens (including phenoxy) is 1. The van der Waals surface area contributed by atoms with Crippen molar-refractivity contribution in [3.05, 3.63) is 33.8 Å². The van der Waals surface area contributed by atoms with Gasteiger partial charge in [-0.1, -0.05) is 29.3 Å². The van der Waals surface area contributed by atoms with Crippen LogP contribution in [0.4, 0.5) is 0 Å². The molecule has 82 valence electrons. The van der Waals surface area contributed by atoms with E-state index in [0.717, 1.165) is 12.1 Å². The molecule has 1 aromatic rings. The summed E-state index contributed by atoms with van der Waals surface area (Å²) in [4.78, 5) is 0. The van der Waals surface area contributed by atoms with Crippen molar-refractivity contribution < 1.29 is 4.74 Å². The molecule has 2 rings (SSSR count). The summed E-state index contributed by atoms with van der Waals surface area (Å²) in [6.45, 7) is 0.758. The molecule has 1 fully saturated rings. The van der Waals surface area contributed by atoms with Crippen molar-refractivity contribution in [1.29, 1.82) is 0 Å². The first-order valence-corrected chi connectivity index (χ1v) is 5.89. The molecule has 0 saturated carbocycles. The van der Waals surface area contributed by atoms with Crippen molar-refractivity contribution >= 4 is 34.8 Å². The molecule has 0 unspecified atom stereocenters. The minimum absolute atomic E-state index is 0.0612. The third kappa shape index (κ3) is 2.58. The van der Waals surface area contributed by atoms with Gasteiger partial charge in [0, 0.05) is 12.4 Å². The van der Waals surface area contributed by atoms with Gasteiger partial charge >= 0.3 is 0 Å². The molecule has 0 radical (unpaired) electrons. The number of hydrogen-bond acceptors (Lipinski definition) is 2. The maximum absolute atomic E-state index is 5.92. The van der Waals surface area contributed by atoms with E-state index >= 15 is 0 Å². The van der Waals surface area contributed by atoms with Crippen LogP contribution >= 0.6 is 34.8 Å². The van der Waals surface area contributed by atoms with Gasteiger partial charge < -0.3 is 4.74 Å². The van der Waals surface area contributed by atoms with E-state index in [1.165, 1.54) is 0 Å². The number of hydrogen-bond donors (Lipinski definition) is 1. The lowest BCUT2D eigenvalue weighted by Gasteiger charge is -2.12. The van der Waals surface area contributed by atoms with Crippen molar-refractivity contribution in [2.75, 3.05) is 12.4 Å². The zero-order chi connectivity index (χ0) is 10.8. The van der Waals surface area contributed by atoms with Crippen molar-refractivity contribution in [3.8, 4) is 0 Å². The molecule has 0 amide bonds. The molecule has 1 aliphatic rings. The van der Waals surface area contributed by atoms with Crippen LogP contribution in [0.2, 0.25) is 10.0 Å². The lowest BCUT2D eigenvalue weighted by molar-refractivity contribution is 0.0528. The van der Waals surface area contributed by atoms with Crippen LogP contribution in [0.1, 0.15) is 11.8 Å². The van der Waals surface area contributed by atoms with Gasteiger partial charge in [-0.05, 0) is 17.7 Å². The van der Waals surface area contributed by atoms with Crippen LogP contribution in [0.25, 0.3) is 0 Å². The van der Waals surface area contributed by atoms with Crippen LogP contribution in [0.5, 0.6) is 0 Å². The summed E-state index contributed by atoms with van der Waals surface area (Å²) in [6.07, 6.45) is -0.0744. The Morgan fingerprint density at radius 3 is 2.73 bits per heavy atom. The van der Waals surface area contributed by atoms with Gasteiger partial charge in [0.15, 0.2) is 0 Å². The minimum Gasteiger partial charge on any atom is -0.353 e. The molecule has 1 aliphatic heterocycles. The molecule has 1 heterocycles. The quantitative estimate of drug-likeness (QED) is 0.830. The van der Waals surface area contributed by atoms with Crippen LogP contribution in [0.15, 0.2) is 18.2 Å². The largest absolute Gasteiger partial charge is 0.353 e. The average molecular weight is 267 g/mol. The molecule has 1 N–H and O–H groups in total. The summed E-state index contributed by atoms with van der Waals surface area (Å²) in [5, 5.41) is 4.30. The Balaban J connectivity index is 2.13. The normalized spacial score (nSPS) is 25.8. The monoisotopic (exact) mass is 265 g/mol. The molecule has 0 aliphatic carbocycles. The summed E-state index contributed by atoms with van der Waals surface area (Å²) in [7, 11) is 0. The second-order valence-electron chi connectivity index (χ2n) is 3.37. The summed E-state index contributed by atoms with van der Waals surface area (Å²) in [5.74, 6) is 0.491. The highest BCUT2D eigenvalue weighted by atomic mass is 35.5. The van der Waals surface area contributed by atoms with Crippen molar-refractivity contribution in [3.63, 3.8) is 0 Å². The maximum atomic E-state index is 5.92. The van der Waals surface area contributed by atoms with Gasteiger partial charge in [0.05, 0.1) is 16.1 Å². The molecule has 1 saturated heterocycles.